The highest BCUT2D eigenvalue weighted by atomic mass is 79.9. The number of nitrogens with zero attached hydrogens (tertiary/aromatic N) is 2. The highest BCUT2D eigenvalue weighted by Gasteiger charge is 2.11. The van der Waals surface area contributed by atoms with E-state index in [1.165, 1.54) is 5.56 Å². The van der Waals surface area contributed by atoms with Crippen LogP contribution in [0.1, 0.15) is 24.3 Å². The Hall–Kier alpha value is -0.430. The lowest BCUT2D eigenvalue weighted by atomic mass is 10.3. The Morgan fingerprint density at radius 3 is 2.76 bits per heavy atom. The lowest BCUT2D eigenvalue weighted by Crippen LogP contribution is -2.15. The largest absolute Gasteiger partial charge is 0.387 e. The van der Waals surface area contributed by atoms with Gasteiger partial charge in [-0.15, -0.1) is 22.7 Å². The molecule has 0 spiro atoms. The van der Waals surface area contributed by atoms with Crippen LogP contribution < -0.4 is 4.90 Å². The third-order valence-corrected chi connectivity index (χ3v) is 4.83. The van der Waals surface area contributed by atoms with E-state index in [0.717, 1.165) is 21.2 Å². The van der Waals surface area contributed by atoms with Gasteiger partial charge in [0.25, 0.3) is 0 Å². The van der Waals surface area contributed by atoms with Crippen molar-refractivity contribution in [1.82, 2.24) is 4.98 Å². The van der Waals surface area contributed by atoms with Crippen LogP contribution >= 0.6 is 38.6 Å². The molecule has 0 saturated heterocycles. The van der Waals surface area contributed by atoms with E-state index in [1.807, 2.05) is 12.4 Å². The first-order valence-electron chi connectivity index (χ1n) is 5.14. The molecule has 0 aliphatic carbocycles. The van der Waals surface area contributed by atoms with Crippen LogP contribution in [-0.2, 0) is 6.54 Å². The van der Waals surface area contributed by atoms with E-state index in [2.05, 4.69) is 37.3 Å². The van der Waals surface area contributed by atoms with E-state index in [-0.39, 0.29) is 0 Å². The zero-order chi connectivity index (χ0) is 12.4. The van der Waals surface area contributed by atoms with Crippen molar-refractivity contribution in [2.45, 2.75) is 19.6 Å². The maximum Gasteiger partial charge on any atom is 0.185 e. The number of thiophene rings is 1. The molecule has 92 valence electrons. The van der Waals surface area contributed by atoms with Crippen LogP contribution in [0, 0.1) is 0 Å². The van der Waals surface area contributed by atoms with Crippen molar-refractivity contribution in [2.75, 3.05) is 11.9 Å². The number of anilines is 1. The molecule has 0 amide bonds. The number of thiazole rings is 1. The summed E-state index contributed by atoms with van der Waals surface area (Å²) >= 11 is 6.70. The van der Waals surface area contributed by atoms with Gasteiger partial charge in [0.15, 0.2) is 5.13 Å². The van der Waals surface area contributed by atoms with E-state index in [1.54, 1.807) is 29.6 Å². The summed E-state index contributed by atoms with van der Waals surface area (Å²) in [6.45, 7) is 2.56. The minimum absolute atomic E-state index is 0.497. The van der Waals surface area contributed by atoms with E-state index in [4.69, 9.17) is 0 Å². The molecular weight excluding hydrogens is 320 g/mol. The fourth-order valence-corrected chi connectivity index (χ4v) is 3.49. The summed E-state index contributed by atoms with van der Waals surface area (Å²) in [6, 6.07) is 2.12. The Bertz CT molecular complexity index is 495. The minimum atomic E-state index is -0.497. The molecule has 1 unspecified atom stereocenters. The summed E-state index contributed by atoms with van der Waals surface area (Å²) in [5.74, 6) is 0. The fraction of sp³-hybridized carbons (Fsp3) is 0.364. The second kappa shape index (κ2) is 5.48. The predicted octanol–water partition coefficient (Wildman–Crippen LogP) is 3.66. The average Bonchev–Trinajstić information content (AvgIpc) is 2.86. The van der Waals surface area contributed by atoms with Crippen molar-refractivity contribution >= 4 is 43.7 Å². The van der Waals surface area contributed by atoms with Crippen LogP contribution in [-0.4, -0.2) is 17.1 Å². The smallest absolute Gasteiger partial charge is 0.185 e. The highest BCUT2D eigenvalue weighted by molar-refractivity contribution is 9.11. The van der Waals surface area contributed by atoms with Crippen molar-refractivity contribution in [2.24, 2.45) is 0 Å². The minimum Gasteiger partial charge on any atom is -0.387 e. The van der Waals surface area contributed by atoms with Gasteiger partial charge in [-0.2, -0.15) is 0 Å². The van der Waals surface area contributed by atoms with Crippen molar-refractivity contribution < 1.29 is 5.11 Å². The summed E-state index contributed by atoms with van der Waals surface area (Å²) in [5.41, 5.74) is 2.00. The second-order valence-corrected chi connectivity index (χ2v) is 6.97. The molecule has 2 aromatic rings. The standard InChI is InChI=1S/C11H13BrN2OS2/c1-7(15)9-6-17-11(13-9)14(2)4-8-3-10(12)16-5-8/h3,5-7,15H,4H2,1-2H3. The van der Waals surface area contributed by atoms with Crippen LogP contribution in [0.25, 0.3) is 0 Å². The maximum absolute atomic E-state index is 9.43. The van der Waals surface area contributed by atoms with Crippen LogP contribution in [0.5, 0.6) is 0 Å². The molecule has 2 aromatic heterocycles. The zero-order valence-corrected chi connectivity index (χ0v) is 12.8. The second-order valence-electron chi connectivity index (χ2n) is 3.85. The zero-order valence-electron chi connectivity index (χ0n) is 9.55. The Morgan fingerprint density at radius 1 is 1.47 bits per heavy atom. The molecule has 1 N–H and O–H groups in total. The summed E-state index contributed by atoms with van der Waals surface area (Å²) < 4.78 is 1.14. The van der Waals surface area contributed by atoms with Crippen molar-refractivity contribution in [3.8, 4) is 0 Å². The Labute approximate surface area is 117 Å². The molecule has 17 heavy (non-hydrogen) atoms. The van der Waals surface area contributed by atoms with Gasteiger partial charge in [0.2, 0.25) is 0 Å². The van der Waals surface area contributed by atoms with Gasteiger partial charge in [-0.25, -0.2) is 4.98 Å². The van der Waals surface area contributed by atoms with Gasteiger partial charge >= 0.3 is 0 Å². The molecule has 0 aromatic carbocycles. The first kappa shape index (κ1) is 13.0. The molecule has 2 rings (SSSR count). The van der Waals surface area contributed by atoms with Gasteiger partial charge in [0.05, 0.1) is 15.6 Å². The monoisotopic (exact) mass is 332 g/mol. The quantitative estimate of drug-likeness (QED) is 0.928. The Morgan fingerprint density at radius 2 is 2.24 bits per heavy atom. The van der Waals surface area contributed by atoms with Crippen LogP contribution in [0.4, 0.5) is 5.13 Å². The van der Waals surface area contributed by atoms with Crippen LogP contribution in [0.3, 0.4) is 0 Å². The molecular formula is C11H13BrN2OS2. The third kappa shape index (κ3) is 3.28. The molecule has 0 radical (unpaired) electrons. The van der Waals surface area contributed by atoms with E-state index < -0.39 is 6.10 Å². The molecule has 3 nitrogen and oxygen atoms in total. The van der Waals surface area contributed by atoms with Gasteiger partial charge < -0.3 is 10.0 Å². The average molecular weight is 333 g/mol. The first-order chi connectivity index (χ1) is 8.06. The number of rotatable bonds is 4. The Balaban J connectivity index is 2.06. The van der Waals surface area contributed by atoms with Crippen molar-refractivity contribution in [1.29, 1.82) is 0 Å². The lowest BCUT2D eigenvalue weighted by molar-refractivity contribution is 0.195. The SMILES string of the molecule is CC(O)c1csc(N(C)Cc2csc(Br)c2)n1. The molecule has 0 fully saturated rings. The number of aliphatic hydroxyl groups excluding tert-OH is 1. The van der Waals surface area contributed by atoms with E-state index in [9.17, 15) is 5.11 Å². The van der Waals surface area contributed by atoms with Gasteiger partial charge in [0.1, 0.15) is 0 Å². The highest BCUT2D eigenvalue weighted by Crippen LogP contribution is 2.26. The molecule has 2 heterocycles. The number of aromatic nitrogens is 1. The fourth-order valence-electron chi connectivity index (χ4n) is 1.41. The maximum atomic E-state index is 9.43. The normalized spacial score (nSPS) is 12.7. The number of hydrogen-bond donors (Lipinski definition) is 1. The molecule has 1 atom stereocenters. The summed E-state index contributed by atoms with van der Waals surface area (Å²) in [4.78, 5) is 6.49. The summed E-state index contributed by atoms with van der Waals surface area (Å²) in [5, 5.41) is 14.4. The summed E-state index contributed by atoms with van der Waals surface area (Å²) in [7, 11) is 2.01. The number of hydrogen-bond acceptors (Lipinski definition) is 5. The molecule has 0 aliphatic heterocycles. The van der Waals surface area contributed by atoms with Gasteiger partial charge in [-0.1, -0.05) is 0 Å². The topological polar surface area (TPSA) is 36.4 Å². The Kier molecular flexibility index (Phi) is 4.19. The lowest BCUT2D eigenvalue weighted by Gasteiger charge is -2.14. The number of aliphatic hydroxyl groups is 1. The van der Waals surface area contributed by atoms with Crippen molar-refractivity contribution in [3.05, 3.63) is 31.9 Å². The number of halogens is 1. The molecule has 0 bridgehead atoms. The third-order valence-electron chi connectivity index (χ3n) is 2.31. The molecule has 0 aliphatic rings. The summed E-state index contributed by atoms with van der Waals surface area (Å²) in [6.07, 6.45) is -0.497. The van der Waals surface area contributed by atoms with Crippen LogP contribution in [0.2, 0.25) is 0 Å². The van der Waals surface area contributed by atoms with Crippen LogP contribution in [0.15, 0.2) is 20.6 Å². The molecule has 6 heteroatoms. The van der Waals surface area contributed by atoms with E-state index in [0.29, 0.717) is 0 Å². The van der Waals surface area contributed by atoms with Gasteiger partial charge in [-0.3, -0.25) is 0 Å². The van der Waals surface area contributed by atoms with Gasteiger partial charge in [-0.05, 0) is 39.9 Å². The molecule has 0 saturated carbocycles. The van der Waals surface area contributed by atoms with Gasteiger partial charge in [0, 0.05) is 19.0 Å². The van der Waals surface area contributed by atoms with Crippen molar-refractivity contribution in [3.63, 3.8) is 0 Å². The van der Waals surface area contributed by atoms with E-state index >= 15 is 0 Å². The first-order valence-corrected chi connectivity index (χ1v) is 7.69. The predicted molar refractivity (Wildman–Crippen MR) is 76.9 cm³/mol.